The van der Waals surface area contributed by atoms with Gasteiger partial charge in [0.25, 0.3) is 0 Å². The number of allylic oxidation sites excluding steroid dienone is 3. The Balaban J connectivity index is 1.74. The molecule has 0 unspecified atom stereocenters. The summed E-state index contributed by atoms with van der Waals surface area (Å²) >= 11 is 0. The number of nitrogens with one attached hydrogen (secondary N) is 1. The highest BCUT2D eigenvalue weighted by atomic mass is 16.5. The first kappa shape index (κ1) is 22.5. The van der Waals surface area contributed by atoms with E-state index in [9.17, 15) is 9.59 Å². The molecule has 0 bridgehead atoms. The molecular weight excluding hydrogens is 440 g/mol. The standard InChI is InChI=1S/C29H26N2O4/c1-17(2)13-14-31-16-21(19-10-6-8-12-23(19)31)25-27(33)28(34-3)24(26(32)29(25)35-4)20-15-30-22-11-7-5-9-18(20)22/h5-17,30H,1-4H3. The number of ketones is 2. The van der Waals surface area contributed by atoms with Crippen molar-refractivity contribution in [3.05, 3.63) is 89.6 Å². The molecule has 0 amide bonds. The molecule has 0 fully saturated rings. The first-order valence-electron chi connectivity index (χ1n) is 11.5. The number of hydrogen-bond acceptors (Lipinski definition) is 4. The fourth-order valence-corrected chi connectivity index (χ4v) is 4.61. The maximum atomic E-state index is 13.9. The number of fused-ring (bicyclic) bond motifs is 2. The first-order chi connectivity index (χ1) is 17.0. The molecule has 1 aliphatic carbocycles. The highest BCUT2D eigenvalue weighted by Crippen LogP contribution is 2.40. The summed E-state index contributed by atoms with van der Waals surface area (Å²) in [7, 11) is 2.84. The number of aromatic nitrogens is 2. The number of methoxy groups -OCH3 is 2. The number of carbonyl (C=O) groups is 2. The number of Topliss-reactive ketones (excluding diaryl/α,β-unsaturated/α-hetero) is 2. The Labute approximate surface area is 203 Å². The average molecular weight is 467 g/mol. The van der Waals surface area contributed by atoms with Crippen molar-refractivity contribution in [3.63, 3.8) is 0 Å². The molecule has 176 valence electrons. The van der Waals surface area contributed by atoms with Crippen molar-refractivity contribution in [2.75, 3.05) is 14.2 Å². The average Bonchev–Trinajstić information content (AvgIpc) is 3.45. The van der Waals surface area contributed by atoms with Gasteiger partial charge >= 0.3 is 0 Å². The lowest BCUT2D eigenvalue weighted by Crippen LogP contribution is -2.24. The van der Waals surface area contributed by atoms with Gasteiger partial charge in [0.1, 0.15) is 0 Å². The van der Waals surface area contributed by atoms with Crippen molar-refractivity contribution in [2.45, 2.75) is 13.8 Å². The molecule has 35 heavy (non-hydrogen) atoms. The van der Waals surface area contributed by atoms with E-state index in [1.165, 1.54) is 14.2 Å². The molecule has 0 radical (unpaired) electrons. The van der Waals surface area contributed by atoms with Gasteiger partial charge in [-0.2, -0.15) is 0 Å². The van der Waals surface area contributed by atoms with Crippen LogP contribution < -0.4 is 0 Å². The number of ether oxygens (including phenoxy) is 2. The number of benzene rings is 2. The van der Waals surface area contributed by atoms with Gasteiger partial charge in [-0.05, 0) is 18.1 Å². The van der Waals surface area contributed by atoms with E-state index < -0.39 is 5.78 Å². The molecule has 0 atom stereocenters. The van der Waals surface area contributed by atoms with E-state index in [2.05, 4.69) is 24.9 Å². The quantitative estimate of drug-likeness (QED) is 0.364. The number of rotatable bonds is 6. The van der Waals surface area contributed by atoms with Crippen molar-refractivity contribution in [3.8, 4) is 0 Å². The van der Waals surface area contributed by atoms with Gasteiger partial charge < -0.3 is 19.0 Å². The summed E-state index contributed by atoms with van der Waals surface area (Å²) in [5.74, 6) is -0.414. The normalized spacial score (nSPS) is 14.9. The summed E-state index contributed by atoms with van der Waals surface area (Å²) in [6.07, 6.45) is 7.65. The Kier molecular flexibility index (Phi) is 5.65. The van der Waals surface area contributed by atoms with Gasteiger partial charge in [-0.25, -0.2) is 0 Å². The molecule has 1 N–H and O–H groups in total. The molecule has 5 rings (SSSR count). The highest BCUT2D eigenvalue weighted by molar-refractivity contribution is 6.48. The zero-order chi connectivity index (χ0) is 24.7. The van der Waals surface area contributed by atoms with Crippen LogP contribution >= 0.6 is 0 Å². The molecule has 2 aromatic carbocycles. The lowest BCUT2D eigenvalue weighted by Gasteiger charge is -2.22. The Morgan fingerprint density at radius 2 is 1.43 bits per heavy atom. The molecule has 0 saturated carbocycles. The van der Waals surface area contributed by atoms with Gasteiger partial charge in [0.15, 0.2) is 11.5 Å². The van der Waals surface area contributed by atoms with Crippen LogP contribution in [0.4, 0.5) is 0 Å². The summed E-state index contributed by atoms with van der Waals surface area (Å²) in [6, 6.07) is 15.4. The van der Waals surface area contributed by atoms with E-state index >= 15 is 0 Å². The van der Waals surface area contributed by atoms with E-state index in [1.54, 1.807) is 6.20 Å². The third-order valence-electron chi connectivity index (χ3n) is 6.23. The minimum atomic E-state index is -0.391. The molecule has 1 aliphatic rings. The van der Waals surface area contributed by atoms with E-state index in [1.807, 2.05) is 65.5 Å². The molecule has 2 aromatic heterocycles. The van der Waals surface area contributed by atoms with Crippen molar-refractivity contribution in [2.24, 2.45) is 5.92 Å². The number of carbonyl (C=O) groups excluding carboxylic acids is 2. The summed E-state index contributed by atoms with van der Waals surface area (Å²) in [4.78, 5) is 30.9. The molecule has 0 spiro atoms. The second kappa shape index (κ2) is 8.80. The largest absolute Gasteiger partial charge is 0.492 e. The van der Waals surface area contributed by atoms with Crippen molar-refractivity contribution in [1.29, 1.82) is 0 Å². The van der Waals surface area contributed by atoms with Gasteiger partial charge in [0, 0.05) is 46.0 Å². The topological polar surface area (TPSA) is 73.3 Å². The summed E-state index contributed by atoms with van der Waals surface area (Å²) in [6.45, 7) is 4.19. The zero-order valence-corrected chi connectivity index (χ0v) is 20.1. The molecule has 6 nitrogen and oxygen atoms in total. The predicted octanol–water partition coefficient (Wildman–Crippen LogP) is 5.82. The van der Waals surface area contributed by atoms with E-state index in [-0.39, 0.29) is 28.4 Å². The summed E-state index contributed by atoms with van der Waals surface area (Å²) in [5, 5.41) is 1.67. The fraction of sp³-hybridized carbons (Fsp3) is 0.172. The minimum absolute atomic E-state index is 0.00473. The van der Waals surface area contributed by atoms with E-state index in [0.717, 1.165) is 21.8 Å². The van der Waals surface area contributed by atoms with Crippen LogP contribution in [0.15, 0.2) is 78.5 Å². The molecular formula is C29H26N2O4. The SMILES string of the molecule is COC1=C(c2c[nH]c3ccccc23)C(=O)C(OC)=C(c2cn(C=CC(C)C)c3ccccc23)C1=O. The van der Waals surface area contributed by atoms with Crippen LogP contribution in [-0.2, 0) is 19.1 Å². The van der Waals surface area contributed by atoms with Crippen molar-refractivity contribution >= 4 is 50.7 Å². The van der Waals surface area contributed by atoms with Gasteiger partial charge in [0.2, 0.25) is 11.6 Å². The number of hydrogen-bond donors (Lipinski definition) is 1. The number of aromatic amines is 1. The maximum absolute atomic E-state index is 13.9. The van der Waals surface area contributed by atoms with E-state index in [0.29, 0.717) is 17.0 Å². The number of para-hydroxylation sites is 2. The van der Waals surface area contributed by atoms with Crippen molar-refractivity contribution in [1.82, 2.24) is 9.55 Å². The molecule has 4 aromatic rings. The Hall–Kier alpha value is -4.32. The lowest BCUT2D eigenvalue weighted by molar-refractivity contribution is -0.117. The maximum Gasteiger partial charge on any atom is 0.232 e. The second-order valence-corrected chi connectivity index (χ2v) is 8.78. The van der Waals surface area contributed by atoms with Crippen LogP contribution in [0.3, 0.4) is 0 Å². The monoisotopic (exact) mass is 466 g/mol. The lowest BCUT2D eigenvalue weighted by atomic mass is 9.86. The van der Waals surface area contributed by atoms with Gasteiger partial charge in [-0.15, -0.1) is 0 Å². The molecule has 0 saturated heterocycles. The zero-order valence-electron chi connectivity index (χ0n) is 20.1. The van der Waals surface area contributed by atoms with Gasteiger partial charge in [-0.1, -0.05) is 56.3 Å². The van der Waals surface area contributed by atoms with Gasteiger partial charge in [0.05, 0.1) is 30.9 Å². The third kappa shape index (κ3) is 3.58. The Morgan fingerprint density at radius 1 is 0.829 bits per heavy atom. The molecule has 2 heterocycles. The fourth-order valence-electron chi connectivity index (χ4n) is 4.61. The predicted molar refractivity (Wildman–Crippen MR) is 138 cm³/mol. The smallest absolute Gasteiger partial charge is 0.232 e. The van der Waals surface area contributed by atoms with E-state index in [4.69, 9.17) is 9.47 Å². The number of nitrogens with zero attached hydrogens (tertiary/aromatic N) is 1. The van der Waals surface area contributed by atoms with Crippen LogP contribution in [0.2, 0.25) is 0 Å². The summed E-state index contributed by atoms with van der Waals surface area (Å²) in [5.41, 5.74) is 3.40. The Bertz CT molecular complexity index is 1580. The second-order valence-electron chi connectivity index (χ2n) is 8.78. The number of H-pyrrole nitrogens is 1. The molecule has 0 aliphatic heterocycles. The van der Waals surface area contributed by atoms with Crippen LogP contribution in [0.25, 0.3) is 39.2 Å². The van der Waals surface area contributed by atoms with Crippen molar-refractivity contribution < 1.29 is 19.1 Å². The van der Waals surface area contributed by atoms with Crippen LogP contribution in [0.5, 0.6) is 0 Å². The third-order valence-corrected chi connectivity index (χ3v) is 6.23. The Morgan fingerprint density at radius 3 is 2.09 bits per heavy atom. The minimum Gasteiger partial charge on any atom is -0.492 e. The van der Waals surface area contributed by atoms with Crippen LogP contribution in [0.1, 0.15) is 25.0 Å². The highest BCUT2D eigenvalue weighted by Gasteiger charge is 2.39. The van der Waals surface area contributed by atoms with Gasteiger partial charge in [-0.3, -0.25) is 9.59 Å². The van der Waals surface area contributed by atoms with Crippen LogP contribution in [-0.4, -0.2) is 35.3 Å². The molecule has 6 heteroatoms. The first-order valence-corrected chi connectivity index (χ1v) is 11.5. The van der Waals surface area contributed by atoms with Crippen LogP contribution in [0, 0.1) is 5.92 Å². The summed E-state index contributed by atoms with van der Waals surface area (Å²) < 4.78 is 13.2.